The number of carbonyl (C=O) groups is 4. The topological polar surface area (TPSA) is 230 Å². The quantitative estimate of drug-likeness (QED) is 0.147. The van der Waals surface area contributed by atoms with Gasteiger partial charge in [-0.1, -0.05) is 0 Å². The summed E-state index contributed by atoms with van der Waals surface area (Å²) in [6, 6.07) is 0. The fourth-order valence-corrected chi connectivity index (χ4v) is 0.540. The predicted molar refractivity (Wildman–Crippen MR) is 66.1 cm³/mol. The first kappa shape index (κ1) is 29.4. The van der Waals surface area contributed by atoms with Crippen molar-refractivity contribution in [3.05, 3.63) is 0 Å². The van der Waals surface area contributed by atoms with Gasteiger partial charge in [0.1, 0.15) is 0 Å². The molecule has 0 fully saturated rings. The summed E-state index contributed by atoms with van der Waals surface area (Å²) in [5, 5.41) is 65.1. The number of aliphatic carboxylic acids is 4. The number of aliphatic hydroxyl groups excluding tert-OH is 4. The van der Waals surface area contributed by atoms with Crippen molar-refractivity contribution in [2.45, 2.75) is 24.4 Å². The molecule has 4 unspecified atom stereocenters. The van der Waals surface area contributed by atoms with Gasteiger partial charge in [0.15, 0.2) is 24.4 Å². The van der Waals surface area contributed by atoms with E-state index in [1.807, 2.05) is 0 Å². The van der Waals surface area contributed by atoms with Crippen molar-refractivity contribution in [1.29, 1.82) is 0 Å². The smallest absolute Gasteiger partial charge is 0.335 e. The van der Waals surface area contributed by atoms with E-state index in [-0.39, 0.29) is 48.9 Å². The molecule has 4 atom stereocenters. The van der Waals surface area contributed by atoms with E-state index in [1.165, 1.54) is 0 Å². The fraction of sp³-hybridized carbons (Fsp3) is 0.500. The van der Waals surface area contributed by atoms with Crippen molar-refractivity contribution >= 4 is 72.7 Å². The molecule has 8 N–H and O–H groups in total. The van der Waals surface area contributed by atoms with Gasteiger partial charge in [-0.25, -0.2) is 19.2 Å². The summed E-state index contributed by atoms with van der Waals surface area (Å²) >= 11 is 0. The van der Waals surface area contributed by atoms with Crippen LogP contribution in [-0.4, -0.2) is 138 Å². The number of hydrogen-bond acceptors (Lipinski definition) is 8. The van der Waals surface area contributed by atoms with Gasteiger partial charge in [0.05, 0.1) is 0 Å². The molecule has 12 nitrogen and oxygen atoms in total. The van der Waals surface area contributed by atoms with E-state index in [0.29, 0.717) is 0 Å². The second-order valence-corrected chi connectivity index (χ2v) is 3.13. The van der Waals surface area contributed by atoms with Crippen LogP contribution in [0.4, 0.5) is 0 Å². The first-order chi connectivity index (χ1) is 8.93. The third-order valence-electron chi connectivity index (χ3n) is 1.61. The van der Waals surface area contributed by atoms with E-state index in [2.05, 4.69) is 0 Å². The molecule has 0 heterocycles. The van der Waals surface area contributed by atoms with Gasteiger partial charge in [0, 0.05) is 48.9 Å². The van der Waals surface area contributed by atoms with E-state index < -0.39 is 48.3 Å². The molecule has 0 aliphatic heterocycles. The van der Waals surface area contributed by atoms with Gasteiger partial charge in [-0.05, 0) is 0 Å². The summed E-state index contributed by atoms with van der Waals surface area (Å²) in [6.07, 6.45) is -9.06. The van der Waals surface area contributed by atoms with Crippen LogP contribution < -0.4 is 0 Å². The van der Waals surface area contributed by atoms with Gasteiger partial charge < -0.3 is 40.9 Å². The Bertz CT molecular complexity index is 313. The van der Waals surface area contributed by atoms with Gasteiger partial charge in [-0.2, -0.15) is 0 Å². The normalized spacial score (nSPS) is 14.4. The maximum Gasteiger partial charge on any atom is 0.335 e. The Morgan fingerprint density at radius 1 is 0.455 bits per heavy atom. The zero-order valence-electron chi connectivity index (χ0n) is 10.4. The zero-order chi connectivity index (χ0) is 16.6. The van der Waals surface area contributed by atoms with Crippen LogP contribution in [0.2, 0.25) is 0 Å². The Kier molecular flexibility index (Phi) is 18.7. The van der Waals surface area contributed by atoms with E-state index in [1.54, 1.807) is 0 Å². The van der Waals surface area contributed by atoms with E-state index in [9.17, 15) is 19.2 Å². The van der Waals surface area contributed by atoms with E-state index >= 15 is 0 Å². The minimum atomic E-state index is -2.27. The number of hydrogen-bond donors (Lipinski definition) is 8. The minimum Gasteiger partial charge on any atom is -0.479 e. The third kappa shape index (κ3) is 12.0. The molecule has 0 aromatic rings. The van der Waals surface area contributed by atoms with Crippen LogP contribution in [0.25, 0.3) is 0 Å². The van der Waals surface area contributed by atoms with Crippen LogP contribution in [-0.2, 0) is 19.2 Å². The fourth-order valence-electron chi connectivity index (χ4n) is 0.540. The molecule has 0 aliphatic carbocycles. The van der Waals surface area contributed by atoms with Crippen LogP contribution in [0.1, 0.15) is 0 Å². The molecular formula is C8H12O12Sb2. The molecule has 0 saturated heterocycles. The molecule has 0 bridgehead atoms. The Hall–Kier alpha value is -0.644. The average Bonchev–Trinajstić information content (AvgIpc) is 2.35. The Morgan fingerprint density at radius 2 is 0.545 bits per heavy atom. The van der Waals surface area contributed by atoms with Gasteiger partial charge >= 0.3 is 23.9 Å². The molecule has 0 aromatic heterocycles. The first-order valence-corrected chi connectivity index (χ1v) is 4.57. The number of aliphatic hydroxyl groups is 4. The van der Waals surface area contributed by atoms with Crippen LogP contribution in [0.3, 0.4) is 0 Å². The first-order valence-electron chi connectivity index (χ1n) is 4.57. The SMILES string of the molecule is O=C(O)C(O)C(O)C(=O)O.O=C(O)C(O)C(O)C(=O)O.[Sb].[Sb]. The average molecular weight is 544 g/mol. The van der Waals surface area contributed by atoms with Crippen LogP contribution in [0, 0.1) is 0 Å². The van der Waals surface area contributed by atoms with E-state index in [0.717, 1.165) is 0 Å². The van der Waals surface area contributed by atoms with Crippen molar-refractivity contribution < 1.29 is 60.0 Å². The Morgan fingerprint density at radius 3 is 0.591 bits per heavy atom. The molecular weight excluding hydrogens is 532 g/mol. The number of rotatable bonds is 6. The van der Waals surface area contributed by atoms with Gasteiger partial charge in [0.2, 0.25) is 0 Å². The van der Waals surface area contributed by atoms with Crippen molar-refractivity contribution in [3.63, 3.8) is 0 Å². The monoisotopic (exact) mass is 542 g/mol. The molecule has 0 aromatic carbocycles. The summed E-state index contributed by atoms with van der Waals surface area (Å²) in [6.45, 7) is 0. The van der Waals surface area contributed by atoms with Gasteiger partial charge in [-0.15, -0.1) is 0 Å². The maximum absolute atomic E-state index is 9.77. The molecule has 0 saturated carbocycles. The van der Waals surface area contributed by atoms with Crippen molar-refractivity contribution in [1.82, 2.24) is 0 Å². The minimum absolute atomic E-state index is 0. The van der Waals surface area contributed by atoms with E-state index in [4.69, 9.17) is 40.9 Å². The molecule has 0 amide bonds. The predicted octanol–water partition coefficient (Wildman–Crippen LogP) is -5.01. The second kappa shape index (κ2) is 14.0. The van der Waals surface area contributed by atoms with Crippen molar-refractivity contribution in [2.24, 2.45) is 0 Å². The molecule has 0 rings (SSSR count). The molecule has 22 heavy (non-hydrogen) atoms. The van der Waals surface area contributed by atoms with Crippen molar-refractivity contribution in [2.75, 3.05) is 0 Å². The zero-order valence-corrected chi connectivity index (χ0v) is 15.5. The standard InChI is InChI=1S/2C4H6O6.2Sb/c2*5-1(3(7)8)2(6)4(9)10;;/h2*1-2,5-6H,(H,7,8)(H,9,10);;. The summed E-state index contributed by atoms with van der Waals surface area (Å²) in [4.78, 5) is 39.1. The summed E-state index contributed by atoms with van der Waals surface area (Å²) in [7, 11) is 0. The summed E-state index contributed by atoms with van der Waals surface area (Å²) in [5.41, 5.74) is 0. The Balaban J connectivity index is -0.000000135. The van der Waals surface area contributed by atoms with Crippen LogP contribution in [0.15, 0.2) is 0 Å². The van der Waals surface area contributed by atoms with Gasteiger partial charge in [-0.3, -0.25) is 0 Å². The molecule has 6 radical (unpaired) electrons. The number of carboxylic acids is 4. The van der Waals surface area contributed by atoms with Crippen LogP contribution >= 0.6 is 0 Å². The molecule has 0 spiro atoms. The third-order valence-corrected chi connectivity index (χ3v) is 1.61. The maximum atomic E-state index is 9.77. The Labute approximate surface area is 156 Å². The summed E-state index contributed by atoms with van der Waals surface area (Å²) < 4.78 is 0. The van der Waals surface area contributed by atoms with Gasteiger partial charge in [0.25, 0.3) is 0 Å². The summed E-state index contributed by atoms with van der Waals surface area (Å²) in [5.74, 6) is -7.07. The van der Waals surface area contributed by atoms with Crippen LogP contribution in [0.5, 0.6) is 0 Å². The largest absolute Gasteiger partial charge is 0.479 e. The number of carboxylic acid groups (broad SMARTS) is 4. The molecule has 14 heteroatoms. The molecule has 126 valence electrons. The van der Waals surface area contributed by atoms with Crippen molar-refractivity contribution in [3.8, 4) is 0 Å². The second-order valence-electron chi connectivity index (χ2n) is 3.13. The molecule has 0 aliphatic rings.